The van der Waals surface area contributed by atoms with Crippen molar-refractivity contribution in [1.82, 2.24) is 4.90 Å². The molecule has 0 spiro atoms. The highest BCUT2D eigenvalue weighted by atomic mass is 15.3. The highest BCUT2D eigenvalue weighted by molar-refractivity contribution is 5.35. The SMILES string of the molecule is CCC1(N2CCC2C)CC2CC3CC4(C)C1C2C34C. The molecule has 19 heavy (non-hydrogen) atoms. The second-order valence-electron chi connectivity index (χ2n) is 9.09. The lowest BCUT2D eigenvalue weighted by molar-refractivity contribution is -0.305. The highest BCUT2D eigenvalue weighted by Gasteiger charge is 2.86. The van der Waals surface area contributed by atoms with E-state index in [4.69, 9.17) is 0 Å². The molecule has 1 saturated heterocycles. The topological polar surface area (TPSA) is 3.24 Å². The number of rotatable bonds is 2. The summed E-state index contributed by atoms with van der Waals surface area (Å²) in [4.78, 5) is 2.94. The largest absolute Gasteiger partial charge is 0.295 e. The molecule has 0 aromatic heterocycles. The van der Waals surface area contributed by atoms with E-state index < -0.39 is 0 Å². The summed E-state index contributed by atoms with van der Waals surface area (Å²) in [6, 6.07) is 0.866. The van der Waals surface area contributed by atoms with Gasteiger partial charge in [0.25, 0.3) is 0 Å². The van der Waals surface area contributed by atoms with Gasteiger partial charge in [0.1, 0.15) is 0 Å². The zero-order valence-corrected chi connectivity index (χ0v) is 13.1. The normalized spacial score (nSPS) is 69.2. The van der Waals surface area contributed by atoms with E-state index in [2.05, 4.69) is 32.6 Å². The Morgan fingerprint density at radius 2 is 2.00 bits per heavy atom. The van der Waals surface area contributed by atoms with Gasteiger partial charge in [-0.15, -0.1) is 0 Å². The van der Waals surface area contributed by atoms with Crippen LogP contribution in [-0.2, 0) is 0 Å². The predicted octanol–water partition coefficient (Wildman–Crippen LogP) is 3.93. The minimum Gasteiger partial charge on any atom is -0.295 e. The second kappa shape index (κ2) is 2.93. The van der Waals surface area contributed by atoms with Crippen LogP contribution in [0.2, 0.25) is 0 Å². The molecule has 1 nitrogen and oxygen atoms in total. The van der Waals surface area contributed by atoms with Crippen molar-refractivity contribution in [1.29, 1.82) is 0 Å². The van der Waals surface area contributed by atoms with E-state index in [-0.39, 0.29) is 0 Å². The van der Waals surface area contributed by atoms with E-state index >= 15 is 0 Å². The molecule has 5 fully saturated rings. The minimum atomic E-state index is 0.604. The van der Waals surface area contributed by atoms with Crippen LogP contribution >= 0.6 is 0 Å². The number of nitrogens with zero attached hydrogens (tertiary/aromatic N) is 1. The standard InChI is InChI=1S/C18H29N/c1-5-18(19-7-6-11(19)2)9-12-8-13-10-16(3)15(18)14(12)17(13,16)4/h11-15H,5-10H2,1-4H3. The Bertz CT molecular complexity index is 457. The summed E-state index contributed by atoms with van der Waals surface area (Å²) in [5.74, 6) is 4.33. The lowest BCUT2D eigenvalue weighted by Gasteiger charge is -2.78. The first-order valence-corrected chi connectivity index (χ1v) is 8.76. The van der Waals surface area contributed by atoms with Gasteiger partial charge in [-0.25, -0.2) is 0 Å². The Hall–Kier alpha value is -0.0400. The van der Waals surface area contributed by atoms with Gasteiger partial charge < -0.3 is 0 Å². The van der Waals surface area contributed by atoms with Crippen molar-refractivity contribution >= 4 is 0 Å². The first-order valence-electron chi connectivity index (χ1n) is 8.76. The van der Waals surface area contributed by atoms with Gasteiger partial charge in [-0.1, -0.05) is 20.8 Å². The lowest BCUT2D eigenvalue weighted by atomic mass is 9.28. The van der Waals surface area contributed by atoms with Gasteiger partial charge >= 0.3 is 0 Å². The van der Waals surface area contributed by atoms with Crippen molar-refractivity contribution in [3.8, 4) is 0 Å². The third kappa shape index (κ3) is 0.859. The summed E-state index contributed by atoms with van der Waals surface area (Å²) in [5, 5.41) is 0. The van der Waals surface area contributed by atoms with Gasteiger partial charge in [0.2, 0.25) is 0 Å². The highest BCUT2D eigenvalue weighted by Crippen LogP contribution is 2.90. The Labute approximate surface area is 118 Å². The molecule has 4 saturated carbocycles. The molecule has 8 unspecified atom stereocenters. The molecule has 5 rings (SSSR count). The van der Waals surface area contributed by atoms with Crippen molar-refractivity contribution in [3.05, 3.63) is 0 Å². The molecular formula is C18H29N. The average Bonchev–Trinajstić information content (AvgIpc) is 2.70. The molecule has 1 heterocycles. The van der Waals surface area contributed by atoms with Crippen LogP contribution in [0.4, 0.5) is 0 Å². The van der Waals surface area contributed by atoms with E-state index in [9.17, 15) is 0 Å². The van der Waals surface area contributed by atoms with Gasteiger partial charge in [0.05, 0.1) is 0 Å². The molecule has 106 valence electrons. The maximum atomic E-state index is 2.94. The fourth-order valence-electron chi connectivity index (χ4n) is 8.40. The molecule has 8 atom stereocenters. The van der Waals surface area contributed by atoms with Crippen LogP contribution in [0.3, 0.4) is 0 Å². The molecule has 5 aliphatic rings. The fourth-order valence-corrected chi connectivity index (χ4v) is 8.40. The van der Waals surface area contributed by atoms with Crippen molar-refractivity contribution in [2.45, 2.75) is 71.4 Å². The van der Waals surface area contributed by atoms with E-state index in [0.717, 1.165) is 35.1 Å². The van der Waals surface area contributed by atoms with Crippen LogP contribution < -0.4 is 0 Å². The van der Waals surface area contributed by atoms with Gasteiger partial charge in [-0.05, 0) is 73.5 Å². The van der Waals surface area contributed by atoms with E-state index in [1.807, 2.05) is 0 Å². The molecule has 1 aliphatic heterocycles. The summed E-state index contributed by atoms with van der Waals surface area (Å²) in [5.41, 5.74) is 2.07. The van der Waals surface area contributed by atoms with E-state index in [1.54, 1.807) is 19.3 Å². The van der Waals surface area contributed by atoms with Crippen LogP contribution in [0.1, 0.15) is 59.8 Å². The van der Waals surface area contributed by atoms with Gasteiger partial charge in [0.15, 0.2) is 0 Å². The third-order valence-electron chi connectivity index (χ3n) is 9.28. The Balaban J connectivity index is 1.60. The molecule has 0 aromatic carbocycles. The number of hydrogen-bond acceptors (Lipinski definition) is 1. The summed E-state index contributed by atoms with van der Waals surface area (Å²) >= 11 is 0. The van der Waals surface area contributed by atoms with Crippen molar-refractivity contribution in [2.24, 2.45) is 34.5 Å². The molecule has 0 bridgehead atoms. The molecule has 0 N–H and O–H groups in total. The molecular weight excluding hydrogens is 230 g/mol. The third-order valence-corrected chi connectivity index (χ3v) is 9.28. The number of fused-ring (bicyclic) bond motifs is 1. The Kier molecular flexibility index (Phi) is 1.79. The predicted molar refractivity (Wildman–Crippen MR) is 77.8 cm³/mol. The Morgan fingerprint density at radius 3 is 2.58 bits per heavy atom. The quantitative estimate of drug-likeness (QED) is 0.726. The number of likely N-dealkylation sites (tertiary alicyclic amines) is 1. The average molecular weight is 259 g/mol. The van der Waals surface area contributed by atoms with Gasteiger partial charge in [0, 0.05) is 18.1 Å². The zero-order valence-electron chi connectivity index (χ0n) is 13.1. The van der Waals surface area contributed by atoms with Crippen molar-refractivity contribution < 1.29 is 0 Å². The molecule has 1 heteroatoms. The summed E-state index contributed by atoms with van der Waals surface area (Å²) in [6.45, 7) is 11.7. The summed E-state index contributed by atoms with van der Waals surface area (Å²) in [6.07, 6.45) is 7.54. The van der Waals surface area contributed by atoms with Crippen LogP contribution in [0, 0.1) is 34.5 Å². The maximum absolute atomic E-state index is 2.94. The fraction of sp³-hybridized carbons (Fsp3) is 1.00. The molecule has 0 amide bonds. The van der Waals surface area contributed by atoms with Crippen LogP contribution in [0.25, 0.3) is 0 Å². The van der Waals surface area contributed by atoms with E-state index in [0.29, 0.717) is 11.0 Å². The van der Waals surface area contributed by atoms with E-state index in [1.165, 1.54) is 19.4 Å². The maximum Gasteiger partial charge on any atom is 0.0249 e. The molecule has 0 aromatic rings. The van der Waals surface area contributed by atoms with Crippen LogP contribution in [0.5, 0.6) is 0 Å². The second-order valence-corrected chi connectivity index (χ2v) is 9.09. The zero-order chi connectivity index (χ0) is 13.2. The molecule has 0 radical (unpaired) electrons. The Morgan fingerprint density at radius 1 is 1.21 bits per heavy atom. The van der Waals surface area contributed by atoms with Crippen LogP contribution in [-0.4, -0.2) is 23.0 Å². The van der Waals surface area contributed by atoms with Crippen molar-refractivity contribution in [2.75, 3.05) is 6.54 Å². The smallest absolute Gasteiger partial charge is 0.0249 e. The summed E-state index contributed by atoms with van der Waals surface area (Å²) in [7, 11) is 0. The van der Waals surface area contributed by atoms with Gasteiger partial charge in [-0.2, -0.15) is 0 Å². The summed E-state index contributed by atoms with van der Waals surface area (Å²) < 4.78 is 0. The molecule has 4 aliphatic carbocycles. The van der Waals surface area contributed by atoms with Gasteiger partial charge in [-0.3, -0.25) is 4.90 Å². The van der Waals surface area contributed by atoms with Crippen LogP contribution in [0.15, 0.2) is 0 Å². The number of hydrogen-bond donors (Lipinski definition) is 0. The monoisotopic (exact) mass is 259 g/mol. The van der Waals surface area contributed by atoms with Crippen molar-refractivity contribution in [3.63, 3.8) is 0 Å². The lowest BCUT2D eigenvalue weighted by Crippen LogP contribution is -2.77. The minimum absolute atomic E-state index is 0.604. The first-order chi connectivity index (χ1) is 8.99. The first kappa shape index (κ1) is 11.6.